The number of rotatable bonds is 8. The summed E-state index contributed by atoms with van der Waals surface area (Å²) in [6.45, 7) is 8.01. The fourth-order valence-electron chi connectivity index (χ4n) is 0.787. The molecule has 0 rings (SSSR count). The van der Waals surface area contributed by atoms with E-state index in [1.807, 2.05) is 6.66 Å². The first kappa shape index (κ1) is 13.9. The Morgan fingerprint density at radius 3 is 1.69 bits per heavy atom. The third-order valence-corrected chi connectivity index (χ3v) is 4.28. The Balaban J connectivity index is 3.49. The normalized spacial score (nSPS) is 11.9. The minimum absolute atomic E-state index is 0.819. The molecule has 0 bridgehead atoms. The summed E-state index contributed by atoms with van der Waals surface area (Å²) in [7, 11) is 0. The van der Waals surface area contributed by atoms with Crippen LogP contribution in [-0.2, 0) is 9.05 Å². The molecule has 80 valence electrons. The molecule has 0 aromatic carbocycles. The van der Waals surface area contributed by atoms with E-state index in [1.165, 1.54) is 12.8 Å². The average molecular weight is 271 g/mol. The first-order chi connectivity index (χ1) is 6.12. The standard InChI is InChI=1S/C9H21O2PSe/c1-4-6-8-10-12(3,13)11-9-7-5-2/h4-9H2,1-3H3. The van der Waals surface area contributed by atoms with Gasteiger partial charge in [0.2, 0.25) is 0 Å². The molecule has 4 heteroatoms. The molecule has 0 aromatic heterocycles. The third-order valence-electron chi connectivity index (χ3n) is 1.65. The van der Waals surface area contributed by atoms with Crippen molar-refractivity contribution in [3.63, 3.8) is 0 Å². The van der Waals surface area contributed by atoms with E-state index in [1.54, 1.807) is 0 Å². The van der Waals surface area contributed by atoms with Gasteiger partial charge in [0.1, 0.15) is 0 Å². The molecule has 0 N–H and O–H groups in total. The molecule has 0 aliphatic carbocycles. The Bertz CT molecular complexity index is 148. The maximum absolute atomic E-state index is 5.65. The molecule has 0 fully saturated rings. The van der Waals surface area contributed by atoms with Gasteiger partial charge in [-0.3, -0.25) is 0 Å². The second-order valence-electron chi connectivity index (χ2n) is 3.14. The van der Waals surface area contributed by atoms with Crippen LogP contribution in [0.1, 0.15) is 39.5 Å². The SMILES string of the molecule is CCCCOP(C)(=[Se])OCCCC. The zero-order valence-electron chi connectivity index (χ0n) is 8.91. The van der Waals surface area contributed by atoms with Gasteiger partial charge in [-0.25, -0.2) is 0 Å². The Morgan fingerprint density at radius 2 is 1.38 bits per heavy atom. The van der Waals surface area contributed by atoms with E-state index in [2.05, 4.69) is 28.9 Å². The molecular weight excluding hydrogens is 250 g/mol. The molecule has 0 heterocycles. The van der Waals surface area contributed by atoms with Crippen LogP contribution in [0.25, 0.3) is 0 Å². The molecule has 0 aliphatic heterocycles. The van der Waals surface area contributed by atoms with Gasteiger partial charge in [0, 0.05) is 0 Å². The molecule has 0 saturated carbocycles. The molecule has 0 unspecified atom stereocenters. The maximum atomic E-state index is 5.65. The van der Waals surface area contributed by atoms with Crippen LogP contribution in [0.2, 0.25) is 0 Å². The average Bonchev–Trinajstić information content (AvgIpc) is 2.05. The van der Waals surface area contributed by atoms with E-state index in [0.717, 1.165) is 26.1 Å². The van der Waals surface area contributed by atoms with Gasteiger partial charge in [0.15, 0.2) is 0 Å². The predicted octanol–water partition coefficient (Wildman–Crippen LogP) is 3.18. The quantitative estimate of drug-likeness (QED) is 0.383. The van der Waals surface area contributed by atoms with Crippen LogP contribution in [0.4, 0.5) is 0 Å². The molecule has 0 spiro atoms. The van der Waals surface area contributed by atoms with Crippen LogP contribution in [0.3, 0.4) is 0 Å². The zero-order chi connectivity index (χ0) is 10.2. The Hall–Kier alpha value is 0.869. The molecule has 0 saturated heterocycles. The number of hydrogen-bond acceptors (Lipinski definition) is 2. The molecule has 13 heavy (non-hydrogen) atoms. The van der Waals surface area contributed by atoms with Gasteiger partial charge in [0.05, 0.1) is 0 Å². The summed E-state index contributed by atoms with van der Waals surface area (Å²) in [6.07, 6.45) is 4.59. The van der Waals surface area contributed by atoms with Crippen molar-refractivity contribution < 1.29 is 9.05 Å². The van der Waals surface area contributed by atoms with Gasteiger partial charge in [-0.15, -0.1) is 0 Å². The van der Waals surface area contributed by atoms with Crippen molar-refractivity contribution in [2.75, 3.05) is 19.9 Å². The van der Waals surface area contributed by atoms with Crippen LogP contribution in [0.15, 0.2) is 0 Å². The van der Waals surface area contributed by atoms with Gasteiger partial charge < -0.3 is 0 Å². The fourth-order valence-corrected chi connectivity index (χ4v) is 2.72. The van der Waals surface area contributed by atoms with Crippen molar-refractivity contribution in [1.29, 1.82) is 0 Å². The number of unbranched alkanes of at least 4 members (excludes halogenated alkanes) is 2. The summed E-state index contributed by atoms with van der Waals surface area (Å²) in [4.78, 5) is 0. The molecule has 0 amide bonds. The van der Waals surface area contributed by atoms with E-state index in [-0.39, 0.29) is 0 Å². The summed E-state index contributed by atoms with van der Waals surface area (Å²) in [5, 5.41) is 0. The molecular formula is C9H21O2PSe. The topological polar surface area (TPSA) is 18.5 Å². The van der Waals surface area contributed by atoms with Crippen molar-refractivity contribution >= 4 is 21.1 Å². The van der Waals surface area contributed by atoms with Crippen LogP contribution in [0.5, 0.6) is 0 Å². The van der Waals surface area contributed by atoms with Crippen molar-refractivity contribution in [3.05, 3.63) is 0 Å². The van der Waals surface area contributed by atoms with Crippen molar-refractivity contribution in [2.24, 2.45) is 0 Å². The second-order valence-corrected chi connectivity index (χ2v) is 9.38. The van der Waals surface area contributed by atoms with Crippen LogP contribution >= 0.6 is 5.96 Å². The van der Waals surface area contributed by atoms with Gasteiger partial charge in [-0.05, 0) is 0 Å². The first-order valence-corrected chi connectivity index (χ1v) is 9.27. The summed E-state index contributed by atoms with van der Waals surface area (Å²) in [6, 6.07) is 0. The van der Waals surface area contributed by atoms with Crippen molar-refractivity contribution in [2.45, 2.75) is 39.5 Å². The summed E-state index contributed by atoms with van der Waals surface area (Å²) >= 11 is 3.04. The first-order valence-electron chi connectivity index (χ1n) is 4.99. The van der Waals surface area contributed by atoms with Crippen LogP contribution < -0.4 is 0 Å². The molecule has 0 aliphatic rings. The fraction of sp³-hybridized carbons (Fsp3) is 1.00. The van der Waals surface area contributed by atoms with Gasteiger partial charge in [-0.2, -0.15) is 0 Å². The van der Waals surface area contributed by atoms with E-state index < -0.39 is 5.96 Å². The Labute approximate surface area is 89.8 Å². The third kappa shape index (κ3) is 9.18. The molecule has 0 aromatic rings. The summed E-state index contributed by atoms with van der Waals surface area (Å²) < 4.78 is 11.3. The predicted molar refractivity (Wildman–Crippen MR) is 60.3 cm³/mol. The molecule has 0 atom stereocenters. The van der Waals surface area contributed by atoms with Gasteiger partial charge >= 0.3 is 89.5 Å². The molecule has 0 radical (unpaired) electrons. The van der Waals surface area contributed by atoms with E-state index in [4.69, 9.17) is 9.05 Å². The van der Waals surface area contributed by atoms with Crippen LogP contribution in [0, 0.1) is 0 Å². The Kier molecular flexibility index (Phi) is 8.75. The monoisotopic (exact) mass is 272 g/mol. The molecule has 2 nitrogen and oxygen atoms in total. The van der Waals surface area contributed by atoms with E-state index in [0.29, 0.717) is 0 Å². The summed E-state index contributed by atoms with van der Waals surface area (Å²) in [5.41, 5.74) is 0. The van der Waals surface area contributed by atoms with E-state index >= 15 is 0 Å². The minimum atomic E-state index is -1.63. The Morgan fingerprint density at radius 1 is 1.00 bits per heavy atom. The van der Waals surface area contributed by atoms with E-state index in [9.17, 15) is 0 Å². The van der Waals surface area contributed by atoms with Crippen molar-refractivity contribution in [3.8, 4) is 0 Å². The zero-order valence-corrected chi connectivity index (χ0v) is 11.5. The number of hydrogen-bond donors (Lipinski definition) is 0. The van der Waals surface area contributed by atoms with Gasteiger partial charge in [-0.1, -0.05) is 0 Å². The summed E-state index contributed by atoms with van der Waals surface area (Å²) in [5.74, 6) is -1.63. The van der Waals surface area contributed by atoms with Crippen LogP contribution in [-0.4, -0.2) is 35.0 Å². The second kappa shape index (κ2) is 8.20. The van der Waals surface area contributed by atoms with Gasteiger partial charge in [0.25, 0.3) is 0 Å². The van der Waals surface area contributed by atoms with Crippen molar-refractivity contribution in [1.82, 2.24) is 0 Å².